The number of benzene rings is 1. The second kappa shape index (κ2) is 6.66. The molecule has 3 rings (SSSR count). The number of amides is 2. The SMILES string of the molecule is O=C(Nc1cccnn1)N1CCOC(c2ccc(F)c(F)c2)C1. The Hall–Kier alpha value is -2.61. The molecule has 23 heavy (non-hydrogen) atoms. The van der Waals surface area contributed by atoms with Crippen LogP contribution in [0.1, 0.15) is 11.7 Å². The number of hydrogen-bond acceptors (Lipinski definition) is 4. The quantitative estimate of drug-likeness (QED) is 0.922. The lowest BCUT2D eigenvalue weighted by atomic mass is 10.1. The highest BCUT2D eigenvalue weighted by molar-refractivity contribution is 5.88. The topological polar surface area (TPSA) is 67.4 Å². The molecule has 1 aliphatic heterocycles. The van der Waals surface area contributed by atoms with Crippen LogP contribution in [0.3, 0.4) is 0 Å². The average Bonchev–Trinajstić information content (AvgIpc) is 2.58. The summed E-state index contributed by atoms with van der Waals surface area (Å²) in [4.78, 5) is 13.8. The summed E-state index contributed by atoms with van der Waals surface area (Å²) >= 11 is 0. The number of hydrogen-bond donors (Lipinski definition) is 1. The highest BCUT2D eigenvalue weighted by atomic mass is 19.2. The smallest absolute Gasteiger partial charge is 0.323 e. The van der Waals surface area contributed by atoms with Crippen LogP contribution in [0.2, 0.25) is 0 Å². The molecule has 2 aromatic rings. The Kier molecular flexibility index (Phi) is 4.42. The van der Waals surface area contributed by atoms with Gasteiger partial charge in [-0.3, -0.25) is 5.32 Å². The maximum atomic E-state index is 13.3. The number of rotatable bonds is 2. The molecule has 0 bridgehead atoms. The lowest BCUT2D eigenvalue weighted by Crippen LogP contribution is -2.44. The second-order valence-corrected chi connectivity index (χ2v) is 5.02. The van der Waals surface area contributed by atoms with Gasteiger partial charge in [0.05, 0.1) is 13.2 Å². The molecule has 1 aliphatic rings. The van der Waals surface area contributed by atoms with E-state index >= 15 is 0 Å². The van der Waals surface area contributed by atoms with Crippen molar-refractivity contribution in [3.05, 3.63) is 53.7 Å². The number of morpholine rings is 1. The zero-order valence-electron chi connectivity index (χ0n) is 12.1. The van der Waals surface area contributed by atoms with E-state index in [2.05, 4.69) is 15.5 Å². The molecule has 1 N–H and O–H groups in total. The molecule has 6 nitrogen and oxygen atoms in total. The minimum atomic E-state index is -0.938. The van der Waals surface area contributed by atoms with Crippen molar-refractivity contribution in [2.45, 2.75) is 6.10 Å². The molecule has 120 valence electrons. The second-order valence-electron chi connectivity index (χ2n) is 5.02. The van der Waals surface area contributed by atoms with E-state index in [1.807, 2.05) is 0 Å². The summed E-state index contributed by atoms with van der Waals surface area (Å²) < 4.78 is 31.9. The van der Waals surface area contributed by atoms with E-state index in [-0.39, 0.29) is 12.6 Å². The van der Waals surface area contributed by atoms with Gasteiger partial charge < -0.3 is 9.64 Å². The number of nitrogens with zero attached hydrogens (tertiary/aromatic N) is 3. The standard InChI is InChI=1S/C15H14F2N4O2/c16-11-4-3-10(8-12(11)17)13-9-21(6-7-23-13)15(22)19-14-2-1-5-18-20-14/h1-5,8,13H,6-7,9H2,(H,19,20,22). The Morgan fingerprint density at radius 1 is 1.30 bits per heavy atom. The summed E-state index contributed by atoms with van der Waals surface area (Å²) in [5, 5.41) is 10.1. The molecule has 8 heteroatoms. The van der Waals surface area contributed by atoms with Gasteiger partial charge in [0.1, 0.15) is 6.10 Å². The van der Waals surface area contributed by atoms with E-state index < -0.39 is 17.7 Å². The first-order valence-corrected chi connectivity index (χ1v) is 7.03. The molecule has 1 fully saturated rings. The van der Waals surface area contributed by atoms with Gasteiger partial charge in [-0.1, -0.05) is 6.07 Å². The molecule has 0 spiro atoms. The van der Waals surface area contributed by atoms with Crippen LogP contribution in [0, 0.1) is 11.6 Å². The van der Waals surface area contributed by atoms with Crippen LogP contribution >= 0.6 is 0 Å². The molecule has 1 aromatic carbocycles. The molecule has 0 saturated carbocycles. The van der Waals surface area contributed by atoms with Crippen molar-refractivity contribution < 1.29 is 18.3 Å². The molecule has 1 atom stereocenters. The highest BCUT2D eigenvalue weighted by Gasteiger charge is 2.26. The van der Waals surface area contributed by atoms with Crippen LogP contribution in [-0.2, 0) is 4.74 Å². The van der Waals surface area contributed by atoms with E-state index in [9.17, 15) is 13.6 Å². The first kappa shape index (κ1) is 15.3. The van der Waals surface area contributed by atoms with Crippen molar-refractivity contribution in [1.82, 2.24) is 15.1 Å². The fourth-order valence-corrected chi connectivity index (χ4v) is 2.30. The number of anilines is 1. The summed E-state index contributed by atoms with van der Waals surface area (Å²) in [5.74, 6) is -1.51. The van der Waals surface area contributed by atoms with Crippen LogP contribution < -0.4 is 5.32 Å². The zero-order valence-corrected chi connectivity index (χ0v) is 12.1. The van der Waals surface area contributed by atoms with Gasteiger partial charge >= 0.3 is 6.03 Å². The molecule has 2 heterocycles. The largest absolute Gasteiger partial charge is 0.370 e. The van der Waals surface area contributed by atoms with E-state index in [4.69, 9.17) is 4.74 Å². The van der Waals surface area contributed by atoms with Gasteiger partial charge in [-0.25, -0.2) is 13.6 Å². The predicted octanol–water partition coefficient (Wildman–Crippen LogP) is 2.36. The Morgan fingerprint density at radius 2 is 2.17 bits per heavy atom. The highest BCUT2D eigenvalue weighted by Crippen LogP contribution is 2.24. The van der Waals surface area contributed by atoms with Crippen molar-refractivity contribution in [2.75, 3.05) is 25.0 Å². The lowest BCUT2D eigenvalue weighted by Gasteiger charge is -2.33. The van der Waals surface area contributed by atoms with Crippen LogP contribution in [0.4, 0.5) is 19.4 Å². The molecule has 1 unspecified atom stereocenters. The van der Waals surface area contributed by atoms with Crippen LogP contribution in [0.5, 0.6) is 0 Å². The maximum Gasteiger partial charge on any atom is 0.323 e. The summed E-state index contributed by atoms with van der Waals surface area (Å²) in [5.41, 5.74) is 0.487. The van der Waals surface area contributed by atoms with Crippen molar-refractivity contribution in [2.24, 2.45) is 0 Å². The first-order chi connectivity index (χ1) is 11.1. The van der Waals surface area contributed by atoms with Gasteiger partial charge in [0.15, 0.2) is 17.5 Å². The Bertz CT molecular complexity index is 699. The molecule has 0 radical (unpaired) electrons. The summed E-state index contributed by atoms with van der Waals surface area (Å²) in [7, 11) is 0. The van der Waals surface area contributed by atoms with Crippen molar-refractivity contribution in [3.63, 3.8) is 0 Å². The summed E-state index contributed by atoms with van der Waals surface area (Å²) in [6, 6.07) is 6.52. The number of halogens is 2. The Labute approximate surface area is 131 Å². The van der Waals surface area contributed by atoms with Gasteiger partial charge in [0.2, 0.25) is 0 Å². The van der Waals surface area contributed by atoms with Gasteiger partial charge in [-0.15, -0.1) is 5.10 Å². The van der Waals surface area contributed by atoms with Gasteiger partial charge in [-0.2, -0.15) is 5.10 Å². The molecule has 1 aromatic heterocycles. The minimum Gasteiger partial charge on any atom is -0.370 e. The first-order valence-electron chi connectivity index (χ1n) is 7.03. The molecular weight excluding hydrogens is 306 g/mol. The van der Waals surface area contributed by atoms with E-state index in [1.165, 1.54) is 17.2 Å². The summed E-state index contributed by atoms with van der Waals surface area (Å²) in [6.07, 6.45) is 0.996. The zero-order chi connectivity index (χ0) is 16.2. The third kappa shape index (κ3) is 3.59. The minimum absolute atomic E-state index is 0.233. The van der Waals surface area contributed by atoms with Crippen LogP contribution in [0.15, 0.2) is 36.5 Å². The van der Waals surface area contributed by atoms with E-state index in [1.54, 1.807) is 12.1 Å². The van der Waals surface area contributed by atoms with Gasteiger partial charge in [0.25, 0.3) is 0 Å². The van der Waals surface area contributed by atoms with Gasteiger partial charge in [-0.05, 0) is 29.8 Å². The number of carbonyl (C=O) groups is 1. The Morgan fingerprint density at radius 3 is 2.91 bits per heavy atom. The number of ether oxygens (including phenoxy) is 1. The van der Waals surface area contributed by atoms with Crippen LogP contribution in [-0.4, -0.2) is 40.8 Å². The monoisotopic (exact) mass is 320 g/mol. The number of carbonyl (C=O) groups excluding carboxylic acids is 1. The lowest BCUT2D eigenvalue weighted by molar-refractivity contribution is -0.0137. The van der Waals surface area contributed by atoms with Crippen molar-refractivity contribution in [3.8, 4) is 0 Å². The normalized spacial score (nSPS) is 17.8. The van der Waals surface area contributed by atoms with Gasteiger partial charge in [0, 0.05) is 12.7 Å². The third-order valence-electron chi connectivity index (χ3n) is 3.48. The number of nitrogens with one attached hydrogen (secondary N) is 1. The predicted molar refractivity (Wildman–Crippen MR) is 77.7 cm³/mol. The fraction of sp³-hybridized carbons (Fsp3) is 0.267. The summed E-state index contributed by atoms with van der Waals surface area (Å²) in [6.45, 7) is 0.932. The maximum absolute atomic E-state index is 13.3. The molecular formula is C15H14F2N4O2. The molecule has 0 aliphatic carbocycles. The average molecular weight is 320 g/mol. The fourth-order valence-electron chi connectivity index (χ4n) is 2.30. The van der Waals surface area contributed by atoms with Crippen molar-refractivity contribution in [1.29, 1.82) is 0 Å². The van der Waals surface area contributed by atoms with Crippen molar-refractivity contribution >= 4 is 11.8 Å². The number of urea groups is 1. The van der Waals surface area contributed by atoms with Crippen LogP contribution in [0.25, 0.3) is 0 Å². The Balaban J connectivity index is 1.68. The molecule has 2 amide bonds. The number of aromatic nitrogens is 2. The third-order valence-corrected chi connectivity index (χ3v) is 3.48. The van der Waals surface area contributed by atoms with E-state index in [0.717, 1.165) is 12.1 Å². The van der Waals surface area contributed by atoms with E-state index in [0.29, 0.717) is 24.5 Å². The molecule has 1 saturated heterocycles.